The third-order valence-corrected chi connectivity index (χ3v) is 2.46. The van der Waals surface area contributed by atoms with E-state index in [-0.39, 0.29) is 12.5 Å². The number of nitrogens with one attached hydrogen (secondary N) is 2. The Bertz CT molecular complexity index is 404. The number of carbonyl (C=O) groups excluding carboxylic acids is 2. The summed E-state index contributed by atoms with van der Waals surface area (Å²) in [7, 11) is 0. The molecule has 1 atom stereocenters. The first-order chi connectivity index (χ1) is 7.99. The Kier molecular flexibility index (Phi) is 5.11. The molecule has 17 heavy (non-hydrogen) atoms. The van der Waals surface area contributed by atoms with Gasteiger partial charge in [0.15, 0.2) is 0 Å². The van der Waals surface area contributed by atoms with Crippen LogP contribution in [-0.2, 0) is 9.59 Å². The third-order valence-electron chi connectivity index (χ3n) is 1.93. The van der Waals surface area contributed by atoms with Gasteiger partial charge in [0, 0.05) is 10.2 Å². The maximum absolute atomic E-state index is 11.4. The van der Waals surface area contributed by atoms with Crippen molar-refractivity contribution in [2.75, 3.05) is 11.9 Å². The highest BCUT2D eigenvalue weighted by atomic mass is 79.9. The molecule has 0 saturated heterocycles. The van der Waals surface area contributed by atoms with E-state index in [4.69, 9.17) is 5.11 Å². The van der Waals surface area contributed by atoms with Crippen molar-refractivity contribution < 1.29 is 14.7 Å². The van der Waals surface area contributed by atoms with Crippen LogP contribution in [0.2, 0.25) is 0 Å². The average molecular weight is 301 g/mol. The second-order valence-electron chi connectivity index (χ2n) is 3.45. The van der Waals surface area contributed by atoms with Crippen molar-refractivity contribution in [1.29, 1.82) is 0 Å². The lowest BCUT2D eigenvalue weighted by atomic mass is 10.3. The van der Waals surface area contributed by atoms with Gasteiger partial charge in [0.25, 0.3) is 0 Å². The molecule has 0 heterocycles. The number of aliphatic hydroxyl groups excluding tert-OH is 1. The highest BCUT2D eigenvalue weighted by Crippen LogP contribution is 2.13. The number of rotatable bonds is 4. The average Bonchev–Trinajstić information content (AvgIpc) is 2.29. The van der Waals surface area contributed by atoms with Crippen molar-refractivity contribution in [3.8, 4) is 0 Å². The number of hydrogen-bond donors (Lipinski definition) is 3. The van der Waals surface area contributed by atoms with Crippen molar-refractivity contribution >= 4 is 33.4 Å². The molecule has 0 saturated carbocycles. The smallest absolute Gasteiger partial charge is 0.248 e. The van der Waals surface area contributed by atoms with Gasteiger partial charge in [-0.05, 0) is 31.2 Å². The molecule has 0 bridgehead atoms. The van der Waals surface area contributed by atoms with Gasteiger partial charge in [0.05, 0.1) is 6.54 Å². The molecular formula is C11H13BrN2O3. The van der Waals surface area contributed by atoms with Crippen LogP contribution in [0.15, 0.2) is 28.7 Å². The Hall–Kier alpha value is -1.40. The van der Waals surface area contributed by atoms with E-state index in [2.05, 4.69) is 26.6 Å². The van der Waals surface area contributed by atoms with Crippen LogP contribution in [-0.4, -0.2) is 29.6 Å². The summed E-state index contributed by atoms with van der Waals surface area (Å²) in [4.78, 5) is 22.4. The van der Waals surface area contributed by atoms with Crippen LogP contribution in [0.5, 0.6) is 0 Å². The van der Waals surface area contributed by atoms with Crippen LogP contribution in [0.1, 0.15) is 6.92 Å². The molecule has 6 heteroatoms. The van der Waals surface area contributed by atoms with Crippen molar-refractivity contribution in [3.63, 3.8) is 0 Å². The number of benzene rings is 1. The van der Waals surface area contributed by atoms with E-state index in [0.717, 1.165) is 4.47 Å². The van der Waals surface area contributed by atoms with E-state index < -0.39 is 12.0 Å². The van der Waals surface area contributed by atoms with E-state index in [1.54, 1.807) is 24.3 Å². The summed E-state index contributed by atoms with van der Waals surface area (Å²) in [6.45, 7) is 1.17. The quantitative estimate of drug-likeness (QED) is 0.772. The Labute approximate surface area is 107 Å². The molecule has 0 radical (unpaired) electrons. The molecule has 0 fully saturated rings. The molecule has 0 spiro atoms. The van der Waals surface area contributed by atoms with Gasteiger partial charge in [-0.25, -0.2) is 0 Å². The molecule has 2 amide bonds. The van der Waals surface area contributed by atoms with Crippen LogP contribution >= 0.6 is 15.9 Å². The number of carbonyl (C=O) groups is 2. The highest BCUT2D eigenvalue weighted by Gasteiger charge is 2.10. The molecule has 1 aromatic carbocycles. The standard InChI is InChI=1S/C11H13BrN2O3/c1-7(15)11(17)13-6-10(16)14-9-4-2-8(12)3-5-9/h2-5,7,15H,6H2,1H3,(H,13,17)(H,14,16). The summed E-state index contributed by atoms with van der Waals surface area (Å²) >= 11 is 3.28. The zero-order valence-corrected chi connectivity index (χ0v) is 10.8. The minimum absolute atomic E-state index is 0.167. The molecule has 0 aliphatic rings. The van der Waals surface area contributed by atoms with Crippen molar-refractivity contribution in [1.82, 2.24) is 5.32 Å². The SMILES string of the molecule is CC(O)C(=O)NCC(=O)Nc1ccc(Br)cc1. The lowest BCUT2D eigenvalue weighted by Gasteiger charge is -2.08. The fourth-order valence-corrected chi connectivity index (χ4v) is 1.32. The summed E-state index contributed by atoms with van der Waals surface area (Å²) in [6.07, 6.45) is -1.12. The van der Waals surface area contributed by atoms with Crippen LogP contribution in [0.4, 0.5) is 5.69 Å². The number of aliphatic hydroxyl groups is 1. The van der Waals surface area contributed by atoms with Gasteiger partial charge in [0.2, 0.25) is 11.8 Å². The molecule has 3 N–H and O–H groups in total. The van der Waals surface area contributed by atoms with Crippen LogP contribution in [0.3, 0.4) is 0 Å². The van der Waals surface area contributed by atoms with E-state index in [9.17, 15) is 9.59 Å². The molecule has 1 rings (SSSR count). The van der Waals surface area contributed by atoms with E-state index in [1.807, 2.05) is 0 Å². The Morgan fingerprint density at radius 2 is 1.94 bits per heavy atom. The van der Waals surface area contributed by atoms with Gasteiger partial charge in [-0.3, -0.25) is 9.59 Å². The maximum Gasteiger partial charge on any atom is 0.248 e. The lowest BCUT2D eigenvalue weighted by Crippen LogP contribution is -2.38. The Morgan fingerprint density at radius 3 is 2.47 bits per heavy atom. The van der Waals surface area contributed by atoms with Crippen LogP contribution in [0, 0.1) is 0 Å². The third kappa shape index (κ3) is 4.97. The lowest BCUT2D eigenvalue weighted by molar-refractivity contribution is -0.130. The first-order valence-electron chi connectivity index (χ1n) is 5.00. The van der Waals surface area contributed by atoms with Crippen molar-refractivity contribution in [3.05, 3.63) is 28.7 Å². The molecule has 0 aliphatic heterocycles. The zero-order chi connectivity index (χ0) is 12.8. The minimum atomic E-state index is -1.12. The van der Waals surface area contributed by atoms with Gasteiger partial charge in [-0.1, -0.05) is 15.9 Å². The summed E-state index contributed by atoms with van der Waals surface area (Å²) in [6, 6.07) is 7.06. The fourth-order valence-electron chi connectivity index (χ4n) is 1.05. The van der Waals surface area contributed by atoms with E-state index in [1.165, 1.54) is 6.92 Å². The highest BCUT2D eigenvalue weighted by molar-refractivity contribution is 9.10. The number of anilines is 1. The maximum atomic E-state index is 11.4. The Balaban J connectivity index is 2.40. The normalized spacial score (nSPS) is 11.7. The summed E-state index contributed by atoms with van der Waals surface area (Å²) < 4.78 is 0.915. The zero-order valence-electron chi connectivity index (χ0n) is 9.24. The second-order valence-corrected chi connectivity index (χ2v) is 4.36. The number of hydrogen-bond acceptors (Lipinski definition) is 3. The second kappa shape index (κ2) is 6.36. The van der Waals surface area contributed by atoms with Gasteiger partial charge < -0.3 is 15.7 Å². The molecule has 92 valence electrons. The fraction of sp³-hybridized carbons (Fsp3) is 0.273. The predicted octanol–water partition coefficient (Wildman–Crippen LogP) is 0.885. The summed E-state index contributed by atoms with van der Waals surface area (Å²) in [5.41, 5.74) is 0.643. The molecule has 1 aromatic rings. The molecule has 0 aromatic heterocycles. The van der Waals surface area contributed by atoms with Crippen molar-refractivity contribution in [2.24, 2.45) is 0 Å². The van der Waals surface area contributed by atoms with Gasteiger partial charge in [-0.2, -0.15) is 0 Å². The summed E-state index contributed by atoms with van der Waals surface area (Å²) in [5.74, 6) is -0.919. The van der Waals surface area contributed by atoms with E-state index in [0.29, 0.717) is 5.69 Å². The van der Waals surface area contributed by atoms with E-state index >= 15 is 0 Å². The number of amides is 2. The largest absolute Gasteiger partial charge is 0.384 e. The monoisotopic (exact) mass is 300 g/mol. The summed E-state index contributed by atoms with van der Waals surface area (Å²) in [5, 5.41) is 13.8. The molecule has 0 aliphatic carbocycles. The van der Waals surface area contributed by atoms with Crippen molar-refractivity contribution in [2.45, 2.75) is 13.0 Å². The van der Waals surface area contributed by atoms with Gasteiger partial charge in [-0.15, -0.1) is 0 Å². The van der Waals surface area contributed by atoms with Gasteiger partial charge in [0.1, 0.15) is 6.10 Å². The van der Waals surface area contributed by atoms with Crippen LogP contribution in [0.25, 0.3) is 0 Å². The topological polar surface area (TPSA) is 78.4 Å². The first-order valence-corrected chi connectivity index (χ1v) is 5.79. The molecule has 1 unspecified atom stereocenters. The number of halogens is 1. The Morgan fingerprint density at radius 1 is 1.35 bits per heavy atom. The predicted molar refractivity (Wildman–Crippen MR) is 67.5 cm³/mol. The molecule has 5 nitrogen and oxygen atoms in total. The minimum Gasteiger partial charge on any atom is -0.384 e. The van der Waals surface area contributed by atoms with Gasteiger partial charge >= 0.3 is 0 Å². The molecular weight excluding hydrogens is 288 g/mol. The first kappa shape index (κ1) is 13.7. The van der Waals surface area contributed by atoms with Crippen LogP contribution < -0.4 is 10.6 Å².